The summed E-state index contributed by atoms with van der Waals surface area (Å²) in [6.45, 7) is 3.07. The molecule has 2 aromatic rings. The van der Waals surface area contributed by atoms with E-state index >= 15 is 0 Å². The van der Waals surface area contributed by atoms with Crippen molar-refractivity contribution >= 4 is 11.7 Å². The van der Waals surface area contributed by atoms with E-state index in [2.05, 4.69) is 10.6 Å². The average Bonchev–Trinajstić information content (AvgIpc) is 2.49. The first-order valence-corrected chi connectivity index (χ1v) is 6.59. The summed E-state index contributed by atoms with van der Waals surface area (Å²) in [4.78, 5) is 11.7. The number of urea groups is 1. The van der Waals surface area contributed by atoms with E-state index in [0.717, 1.165) is 17.0 Å². The molecule has 2 N–H and O–H groups in total. The van der Waals surface area contributed by atoms with Crippen LogP contribution in [0.5, 0.6) is 5.75 Å². The minimum Gasteiger partial charge on any atom is -0.494 e. The summed E-state index contributed by atoms with van der Waals surface area (Å²) in [5, 5.41) is 5.58. The average molecular weight is 270 g/mol. The third-order valence-electron chi connectivity index (χ3n) is 2.72. The summed E-state index contributed by atoms with van der Waals surface area (Å²) in [5.74, 6) is 0.794. The van der Waals surface area contributed by atoms with E-state index in [-0.39, 0.29) is 6.03 Å². The van der Waals surface area contributed by atoms with E-state index in [1.54, 1.807) is 0 Å². The van der Waals surface area contributed by atoms with Crippen LogP contribution in [0.25, 0.3) is 0 Å². The van der Waals surface area contributed by atoms with E-state index < -0.39 is 0 Å². The first-order valence-electron chi connectivity index (χ1n) is 6.59. The minimum atomic E-state index is -0.224. The van der Waals surface area contributed by atoms with Crippen molar-refractivity contribution in [2.45, 2.75) is 13.5 Å². The highest BCUT2D eigenvalue weighted by molar-refractivity contribution is 5.89. The van der Waals surface area contributed by atoms with Crippen molar-refractivity contribution in [3.8, 4) is 5.75 Å². The second-order valence-corrected chi connectivity index (χ2v) is 4.25. The molecule has 0 radical (unpaired) electrons. The van der Waals surface area contributed by atoms with E-state index in [0.29, 0.717) is 13.2 Å². The predicted octanol–water partition coefficient (Wildman–Crippen LogP) is 3.41. The molecule has 4 heteroatoms. The molecule has 104 valence electrons. The zero-order chi connectivity index (χ0) is 14.2. The van der Waals surface area contributed by atoms with Crippen molar-refractivity contribution in [3.63, 3.8) is 0 Å². The molecule has 2 amide bonds. The molecule has 2 aromatic carbocycles. The molecular weight excluding hydrogens is 252 g/mol. The van der Waals surface area contributed by atoms with Crippen molar-refractivity contribution in [2.75, 3.05) is 11.9 Å². The van der Waals surface area contributed by atoms with Gasteiger partial charge in [-0.15, -0.1) is 0 Å². The monoisotopic (exact) mass is 270 g/mol. The molecule has 0 aliphatic rings. The van der Waals surface area contributed by atoms with Gasteiger partial charge >= 0.3 is 6.03 Å². The summed E-state index contributed by atoms with van der Waals surface area (Å²) in [6, 6.07) is 16.8. The quantitative estimate of drug-likeness (QED) is 0.874. The van der Waals surface area contributed by atoms with Gasteiger partial charge in [-0.05, 0) is 36.8 Å². The lowest BCUT2D eigenvalue weighted by Gasteiger charge is -2.08. The first kappa shape index (κ1) is 13.9. The van der Waals surface area contributed by atoms with Gasteiger partial charge in [-0.1, -0.05) is 30.3 Å². The Hall–Kier alpha value is -2.49. The van der Waals surface area contributed by atoms with Gasteiger partial charge in [-0.25, -0.2) is 4.79 Å². The van der Waals surface area contributed by atoms with E-state index in [1.807, 2.05) is 61.5 Å². The van der Waals surface area contributed by atoms with Gasteiger partial charge in [0.05, 0.1) is 6.61 Å². The minimum absolute atomic E-state index is 0.224. The van der Waals surface area contributed by atoms with Gasteiger partial charge in [0.1, 0.15) is 5.75 Å². The fourth-order valence-electron chi connectivity index (χ4n) is 1.75. The first-order chi connectivity index (χ1) is 9.78. The van der Waals surface area contributed by atoms with Crippen LogP contribution in [0.2, 0.25) is 0 Å². The summed E-state index contributed by atoms with van der Waals surface area (Å²) < 4.78 is 5.34. The maximum absolute atomic E-state index is 11.7. The molecule has 0 aliphatic heterocycles. The maximum Gasteiger partial charge on any atom is 0.319 e. The molecule has 0 unspecified atom stereocenters. The Morgan fingerprint density at radius 2 is 1.75 bits per heavy atom. The van der Waals surface area contributed by atoms with Gasteiger partial charge < -0.3 is 15.4 Å². The van der Waals surface area contributed by atoms with Crippen molar-refractivity contribution in [1.82, 2.24) is 5.32 Å². The van der Waals surface area contributed by atoms with Gasteiger partial charge in [-0.3, -0.25) is 0 Å². The SMILES string of the molecule is CCOc1ccc(NC(=O)NCc2ccccc2)cc1. The van der Waals surface area contributed by atoms with Crippen LogP contribution >= 0.6 is 0 Å². The molecule has 2 rings (SSSR count). The molecule has 4 nitrogen and oxygen atoms in total. The lowest BCUT2D eigenvalue weighted by Crippen LogP contribution is -2.28. The number of hydrogen-bond acceptors (Lipinski definition) is 2. The Balaban J connectivity index is 1.82. The third kappa shape index (κ3) is 4.31. The van der Waals surface area contributed by atoms with Gasteiger partial charge in [0.15, 0.2) is 0 Å². The van der Waals surface area contributed by atoms with Crippen LogP contribution in [-0.4, -0.2) is 12.6 Å². The third-order valence-corrected chi connectivity index (χ3v) is 2.72. The van der Waals surface area contributed by atoms with Gasteiger partial charge in [0.2, 0.25) is 0 Å². The normalized spacial score (nSPS) is 9.85. The van der Waals surface area contributed by atoms with Crippen molar-refractivity contribution in [1.29, 1.82) is 0 Å². The van der Waals surface area contributed by atoms with Crippen LogP contribution in [-0.2, 0) is 6.54 Å². The Kier molecular flexibility index (Phi) is 5.00. The van der Waals surface area contributed by atoms with E-state index in [4.69, 9.17) is 4.74 Å². The van der Waals surface area contributed by atoms with Crippen LogP contribution < -0.4 is 15.4 Å². The lowest BCUT2D eigenvalue weighted by molar-refractivity contribution is 0.251. The molecule has 0 atom stereocenters. The summed E-state index contributed by atoms with van der Waals surface area (Å²) in [7, 11) is 0. The molecule has 0 heterocycles. The van der Waals surface area contributed by atoms with Crippen molar-refractivity contribution < 1.29 is 9.53 Å². The standard InChI is InChI=1S/C16H18N2O2/c1-2-20-15-10-8-14(9-11-15)18-16(19)17-12-13-6-4-3-5-7-13/h3-11H,2,12H2,1H3,(H2,17,18,19). The number of ether oxygens (including phenoxy) is 1. The molecule has 0 bridgehead atoms. The van der Waals surface area contributed by atoms with Gasteiger partial charge in [0.25, 0.3) is 0 Å². The molecule has 0 aliphatic carbocycles. The Labute approximate surface area is 118 Å². The summed E-state index contributed by atoms with van der Waals surface area (Å²) in [6.07, 6.45) is 0. The second kappa shape index (κ2) is 7.19. The van der Waals surface area contributed by atoms with Crippen molar-refractivity contribution in [3.05, 3.63) is 60.2 Å². The van der Waals surface area contributed by atoms with Crippen LogP contribution in [0, 0.1) is 0 Å². The highest BCUT2D eigenvalue weighted by Gasteiger charge is 2.01. The number of rotatable bonds is 5. The van der Waals surface area contributed by atoms with Crippen LogP contribution in [0.1, 0.15) is 12.5 Å². The Bertz CT molecular complexity index is 538. The number of benzene rings is 2. The fraction of sp³-hybridized carbons (Fsp3) is 0.188. The zero-order valence-corrected chi connectivity index (χ0v) is 11.4. The summed E-state index contributed by atoms with van der Waals surface area (Å²) >= 11 is 0. The Morgan fingerprint density at radius 3 is 2.40 bits per heavy atom. The molecule has 0 saturated heterocycles. The van der Waals surface area contributed by atoms with Crippen molar-refractivity contribution in [2.24, 2.45) is 0 Å². The number of nitrogens with one attached hydrogen (secondary N) is 2. The Morgan fingerprint density at radius 1 is 1.05 bits per heavy atom. The van der Waals surface area contributed by atoms with Gasteiger partial charge in [0, 0.05) is 12.2 Å². The number of anilines is 1. The number of amides is 2. The van der Waals surface area contributed by atoms with Gasteiger partial charge in [-0.2, -0.15) is 0 Å². The number of hydrogen-bond donors (Lipinski definition) is 2. The van der Waals surface area contributed by atoms with E-state index in [9.17, 15) is 4.79 Å². The molecular formula is C16H18N2O2. The van der Waals surface area contributed by atoms with E-state index in [1.165, 1.54) is 0 Å². The highest BCUT2D eigenvalue weighted by Crippen LogP contribution is 2.15. The highest BCUT2D eigenvalue weighted by atomic mass is 16.5. The molecule has 0 aromatic heterocycles. The smallest absolute Gasteiger partial charge is 0.319 e. The number of carbonyl (C=O) groups excluding carboxylic acids is 1. The molecule has 0 saturated carbocycles. The molecule has 20 heavy (non-hydrogen) atoms. The topological polar surface area (TPSA) is 50.4 Å². The zero-order valence-electron chi connectivity index (χ0n) is 11.4. The molecule has 0 spiro atoms. The fourth-order valence-corrected chi connectivity index (χ4v) is 1.75. The van der Waals surface area contributed by atoms with Crippen LogP contribution in [0.4, 0.5) is 10.5 Å². The number of carbonyl (C=O) groups is 1. The lowest BCUT2D eigenvalue weighted by atomic mass is 10.2. The predicted molar refractivity (Wildman–Crippen MR) is 79.9 cm³/mol. The largest absolute Gasteiger partial charge is 0.494 e. The second-order valence-electron chi connectivity index (χ2n) is 4.25. The van der Waals surface area contributed by atoms with Crippen LogP contribution in [0.15, 0.2) is 54.6 Å². The summed E-state index contributed by atoms with van der Waals surface area (Å²) in [5.41, 5.74) is 1.80. The van der Waals surface area contributed by atoms with Crippen LogP contribution in [0.3, 0.4) is 0 Å². The molecule has 0 fully saturated rings. The maximum atomic E-state index is 11.7.